The lowest BCUT2D eigenvalue weighted by atomic mass is 9.87. The minimum absolute atomic E-state index is 0.207. The summed E-state index contributed by atoms with van der Waals surface area (Å²) >= 11 is 0. The standard InChI is InChI=1S/C26H28FN3/c1-2-4-23-24(20-12-16-30-15-3-5-22(30)17-20)25(18-10-13-28-14-11-18)26(29-23)19-6-8-21(27)9-7-19/h6-14,22,29H,2-5,15-17H2,1H3. The Labute approximate surface area is 177 Å². The zero-order valence-electron chi connectivity index (χ0n) is 17.5. The van der Waals surface area contributed by atoms with Crippen LogP contribution >= 0.6 is 0 Å². The first-order valence-corrected chi connectivity index (χ1v) is 11.1. The Bertz CT molecular complexity index is 1050. The van der Waals surface area contributed by atoms with Gasteiger partial charge in [0.25, 0.3) is 0 Å². The van der Waals surface area contributed by atoms with Gasteiger partial charge in [-0.15, -0.1) is 0 Å². The smallest absolute Gasteiger partial charge is 0.123 e. The van der Waals surface area contributed by atoms with Crippen molar-refractivity contribution in [1.29, 1.82) is 0 Å². The number of H-pyrrole nitrogens is 1. The molecule has 0 radical (unpaired) electrons. The summed E-state index contributed by atoms with van der Waals surface area (Å²) < 4.78 is 13.6. The molecule has 0 bridgehead atoms. The summed E-state index contributed by atoms with van der Waals surface area (Å²) in [6.45, 7) is 4.49. The molecule has 4 heteroatoms. The molecule has 0 spiro atoms. The number of rotatable bonds is 5. The van der Waals surface area contributed by atoms with E-state index < -0.39 is 0 Å². The van der Waals surface area contributed by atoms with Crippen molar-refractivity contribution in [3.05, 3.63) is 71.9 Å². The molecule has 30 heavy (non-hydrogen) atoms. The van der Waals surface area contributed by atoms with E-state index in [9.17, 15) is 4.39 Å². The summed E-state index contributed by atoms with van der Waals surface area (Å²) in [7, 11) is 0. The molecule has 2 aliphatic rings. The lowest BCUT2D eigenvalue weighted by molar-refractivity contribution is 0.275. The van der Waals surface area contributed by atoms with E-state index in [4.69, 9.17) is 0 Å². The number of nitrogens with zero attached hydrogens (tertiary/aromatic N) is 2. The molecule has 3 aromatic rings. The maximum Gasteiger partial charge on any atom is 0.123 e. The van der Waals surface area contributed by atoms with Crippen molar-refractivity contribution < 1.29 is 4.39 Å². The monoisotopic (exact) mass is 401 g/mol. The fourth-order valence-corrected chi connectivity index (χ4v) is 5.12. The Balaban J connectivity index is 1.71. The number of halogens is 1. The number of nitrogens with one attached hydrogen (secondary N) is 1. The number of hydrogen-bond donors (Lipinski definition) is 1. The number of aryl methyl sites for hydroxylation is 1. The van der Waals surface area contributed by atoms with Crippen LogP contribution in [0.25, 0.3) is 28.0 Å². The number of aromatic nitrogens is 2. The molecule has 0 aliphatic carbocycles. The van der Waals surface area contributed by atoms with Gasteiger partial charge in [0.05, 0.1) is 5.69 Å². The Kier molecular flexibility index (Phi) is 5.26. The van der Waals surface area contributed by atoms with Gasteiger partial charge < -0.3 is 4.98 Å². The van der Waals surface area contributed by atoms with Crippen LogP contribution in [-0.2, 0) is 6.42 Å². The summed E-state index contributed by atoms with van der Waals surface area (Å²) in [5, 5.41) is 0. The van der Waals surface area contributed by atoms with Crippen LogP contribution in [0.1, 0.15) is 43.9 Å². The molecular weight excluding hydrogens is 373 g/mol. The highest BCUT2D eigenvalue weighted by atomic mass is 19.1. The van der Waals surface area contributed by atoms with Crippen molar-refractivity contribution in [2.75, 3.05) is 13.1 Å². The molecule has 2 aromatic heterocycles. The van der Waals surface area contributed by atoms with Crippen LogP contribution in [0.5, 0.6) is 0 Å². The van der Waals surface area contributed by atoms with Gasteiger partial charge in [-0.1, -0.05) is 19.4 Å². The number of benzene rings is 1. The van der Waals surface area contributed by atoms with Crippen LogP contribution in [0, 0.1) is 5.82 Å². The summed E-state index contributed by atoms with van der Waals surface area (Å²) in [5.74, 6) is -0.207. The zero-order valence-corrected chi connectivity index (χ0v) is 17.5. The Morgan fingerprint density at radius 1 is 1.07 bits per heavy atom. The zero-order chi connectivity index (χ0) is 20.5. The summed E-state index contributed by atoms with van der Waals surface area (Å²) in [5.41, 5.74) is 8.59. The van der Waals surface area contributed by atoms with E-state index in [0.717, 1.165) is 42.6 Å². The molecule has 154 valence electrons. The quantitative estimate of drug-likeness (QED) is 0.561. The molecule has 0 amide bonds. The number of fused-ring (bicyclic) bond motifs is 1. The van der Waals surface area contributed by atoms with Crippen molar-refractivity contribution in [3.63, 3.8) is 0 Å². The van der Waals surface area contributed by atoms with Gasteiger partial charge in [0.15, 0.2) is 0 Å². The molecule has 5 rings (SSSR count). The highest BCUT2D eigenvalue weighted by molar-refractivity contribution is 5.93. The Hall–Kier alpha value is -2.72. The second kappa shape index (κ2) is 8.19. The van der Waals surface area contributed by atoms with E-state index in [-0.39, 0.29) is 5.82 Å². The predicted molar refractivity (Wildman–Crippen MR) is 121 cm³/mol. The number of aromatic amines is 1. The first kappa shape index (κ1) is 19.3. The van der Waals surface area contributed by atoms with Gasteiger partial charge in [0.2, 0.25) is 0 Å². The third kappa shape index (κ3) is 3.50. The minimum Gasteiger partial charge on any atom is -0.357 e. The average molecular weight is 402 g/mol. The largest absolute Gasteiger partial charge is 0.357 e. The summed E-state index contributed by atoms with van der Waals surface area (Å²) in [6.07, 6.45) is 11.9. The second-order valence-corrected chi connectivity index (χ2v) is 8.45. The SMILES string of the molecule is CCCc1[nH]c(-c2ccc(F)cc2)c(-c2ccncc2)c1C1=CCN2CCCC2C1. The van der Waals surface area contributed by atoms with Crippen LogP contribution in [-0.4, -0.2) is 34.0 Å². The maximum atomic E-state index is 13.6. The Morgan fingerprint density at radius 2 is 1.87 bits per heavy atom. The lowest BCUT2D eigenvalue weighted by Gasteiger charge is -2.30. The van der Waals surface area contributed by atoms with Gasteiger partial charge in [0, 0.05) is 41.8 Å². The highest BCUT2D eigenvalue weighted by Gasteiger charge is 2.31. The van der Waals surface area contributed by atoms with Crippen LogP contribution in [0.3, 0.4) is 0 Å². The fraction of sp³-hybridized carbons (Fsp3) is 0.346. The molecule has 1 atom stereocenters. The molecule has 3 nitrogen and oxygen atoms in total. The van der Waals surface area contributed by atoms with Crippen molar-refractivity contribution in [2.24, 2.45) is 0 Å². The normalized spacial score (nSPS) is 19.0. The topological polar surface area (TPSA) is 31.9 Å². The molecular formula is C26H28FN3. The van der Waals surface area contributed by atoms with Gasteiger partial charge in [-0.05, 0) is 85.3 Å². The van der Waals surface area contributed by atoms with Crippen molar-refractivity contribution in [3.8, 4) is 22.4 Å². The van der Waals surface area contributed by atoms with Crippen LogP contribution in [0.2, 0.25) is 0 Å². The number of hydrogen-bond acceptors (Lipinski definition) is 2. The van der Waals surface area contributed by atoms with E-state index in [0.29, 0.717) is 6.04 Å². The molecule has 1 aromatic carbocycles. The second-order valence-electron chi connectivity index (χ2n) is 8.45. The number of pyridine rings is 1. The van der Waals surface area contributed by atoms with E-state index in [2.05, 4.69) is 40.0 Å². The fourth-order valence-electron chi connectivity index (χ4n) is 5.12. The summed E-state index contributed by atoms with van der Waals surface area (Å²) in [6, 6.07) is 11.7. The molecule has 0 saturated carbocycles. The summed E-state index contributed by atoms with van der Waals surface area (Å²) in [4.78, 5) is 10.6. The Morgan fingerprint density at radius 3 is 2.63 bits per heavy atom. The van der Waals surface area contributed by atoms with Gasteiger partial charge in [0.1, 0.15) is 5.82 Å². The minimum atomic E-state index is -0.207. The first-order valence-electron chi connectivity index (χ1n) is 11.1. The van der Waals surface area contributed by atoms with E-state index in [1.54, 1.807) is 12.1 Å². The van der Waals surface area contributed by atoms with Crippen LogP contribution in [0.4, 0.5) is 4.39 Å². The predicted octanol–water partition coefficient (Wildman–Crippen LogP) is 6.09. The third-order valence-corrected chi connectivity index (χ3v) is 6.53. The van der Waals surface area contributed by atoms with E-state index in [1.807, 2.05) is 24.5 Å². The molecule has 4 heterocycles. The van der Waals surface area contributed by atoms with Crippen molar-refractivity contribution in [1.82, 2.24) is 14.9 Å². The first-order chi connectivity index (χ1) is 14.7. The van der Waals surface area contributed by atoms with Gasteiger partial charge in [-0.25, -0.2) is 4.39 Å². The average Bonchev–Trinajstić information content (AvgIpc) is 3.39. The third-order valence-electron chi connectivity index (χ3n) is 6.53. The van der Waals surface area contributed by atoms with E-state index in [1.165, 1.54) is 41.8 Å². The van der Waals surface area contributed by atoms with Crippen LogP contribution in [0.15, 0.2) is 54.9 Å². The molecule has 1 fully saturated rings. The maximum absolute atomic E-state index is 13.6. The molecule has 1 N–H and O–H groups in total. The lowest BCUT2D eigenvalue weighted by Crippen LogP contribution is -2.33. The molecule has 1 saturated heterocycles. The van der Waals surface area contributed by atoms with Crippen LogP contribution < -0.4 is 0 Å². The molecule has 2 aliphatic heterocycles. The van der Waals surface area contributed by atoms with Gasteiger partial charge in [-0.3, -0.25) is 9.88 Å². The van der Waals surface area contributed by atoms with E-state index >= 15 is 0 Å². The van der Waals surface area contributed by atoms with Crippen molar-refractivity contribution in [2.45, 2.75) is 45.1 Å². The molecule has 1 unspecified atom stereocenters. The van der Waals surface area contributed by atoms with Gasteiger partial charge in [-0.2, -0.15) is 0 Å². The van der Waals surface area contributed by atoms with Crippen molar-refractivity contribution >= 4 is 5.57 Å². The van der Waals surface area contributed by atoms with Gasteiger partial charge >= 0.3 is 0 Å². The highest BCUT2D eigenvalue weighted by Crippen LogP contribution is 2.43.